The summed E-state index contributed by atoms with van der Waals surface area (Å²) in [6.45, 7) is 3.28. The van der Waals surface area contributed by atoms with Gasteiger partial charge < -0.3 is 20.3 Å². The summed E-state index contributed by atoms with van der Waals surface area (Å²) in [5, 5.41) is 22.2. The third-order valence-electron chi connectivity index (χ3n) is 5.17. The minimum Gasteiger partial charge on any atom is -0.478 e. The molecule has 0 saturated heterocycles. The van der Waals surface area contributed by atoms with Crippen molar-refractivity contribution < 1.29 is 29.3 Å². The minimum atomic E-state index is -1.15. The molecule has 2 aromatic rings. The first kappa shape index (κ1) is 23.8. The van der Waals surface area contributed by atoms with Crippen LogP contribution in [0.1, 0.15) is 41.3 Å². The lowest BCUT2D eigenvalue weighted by Crippen LogP contribution is -2.31. The molecule has 1 unspecified atom stereocenters. The summed E-state index contributed by atoms with van der Waals surface area (Å²) in [6, 6.07) is 13.0. The Morgan fingerprint density at radius 1 is 1.00 bits per heavy atom. The Balaban J connectivity index is 1.81. The lowest BCUT2D eigenvalue weighted by molar-refractivity contribution is -0.138. The van der Waals surface area contributed by atoms with E-state index in [9.17, 15) is 19.5 Å². The second-order valence-corrected chi connectivity index (χ2v) is 7.86. The number of carboxylic acid groups (broad SMARTS) is 2. The lowest BCUT2D eigenvalue weighted by atomic mass is 9.80. The van der Waals surface area contributed by atoms with E-state index in [-0.39, 0.29) is 23.3 Å². The number of carboxylic acids is 2. The molecule has 2 aromatic carbocycles. The number of hydrogen-bond acceptors (Lipinski definition) is 5. The number of allylic oxidation sites excluding steroid dienone is 2. The van der Waals surface area contributed by atoms with E-state index in [0.717, 1.165) is 5.56 Å². The summed E-state index contributed by atoms with van der Waals surface area (Å²) in [5.74, 6) is -3.65. The van der Waals surface area contributed by atoms with Crippen LogP contribution >= 0.6 is 11.6 Å². The van der Waals surface area contributed by atoms with Crippen molar-refractivity contribution in [2.75, 3.05) is 6.61 Å². The van der Waals surface area contributed by atoms with Crippen LogP contribution in [-0.4, -0.2) is 34.7 Å². The van der Waals surface area contributed by atoms with Gasteiger partial charge in [-0.25, -0.2) is 14.4 Å². The maximum atomic E-state index is 13.0. The van der Waals surface area contributed by atoms with Crippen molar-refractivity contribution >= 4 is 35.6 Å². The third kappa shape index (κ3) is 5.51. The van der Waals surface area contributed by atoms with Gasteiger partial charge in [-0.3, -0.25) is 0 Å². The molecule has 170 valence electrons. The Labute approximate surface area is 195 Å². The van der Waals surface area contributed by atoms with Crippen LogP contribution in [0.25, 0.3) is 6.08 Å². The van der Waals surface area contributed by atoms with Crippen LogP contribution in [-0.2, 0) is 14.3 Å². The normalized spacial score (nSPS) is 16.0. The van der Waals surface area contributed by atoms with Gasteiger partial charge in [0, 0.05) is 16.4 Å². The number of nitrogens with one attached hydrogen (secondary N) is 1. The first-order valence-electron chi connectivity index (χ1n) is 10.0. The van der Waals surface area contributed by atoms with Gasteiger partial charge in [-0.05, 0) is 55.3 Å². The molecule has 3 rings (SSSR count). The molecular weight excluding hydrogens is 446 g/mol. The number of esters is 1. The van der Waals surface area contributed by atoms with Crippen molar-refractivity contribution in [2.45, 2.75) is 19.8 Å². The van der Waals surface area contributed by atoms with Crippen molar-refractivity contribution in [1.29, 1.82) is 0 Å². The van der Waals surface area contributed by atoms with Crippen LogP contribution in [0.5, 0.6) is 0 Å². The largest absolute Gasteiger partial charge is 0.478 e. The zero-order chi connectivity index (χ0) is 24.1. The number of halogens is 1. The molecule has 0 radical (unpaired) electrons. The Morgan fingerprint density at radius 2 is 1.67 bits per heavy atom. The van der Waals surface area contributed by atoms with Crippen molar-refractivity contribution in [1.82, 2.24) is 5.32 Å². The fourth-order valence-electron chi connectivity index (χ4n) is 3.69. The molecule has 7 nitrogen and oxygen atoms in total. The molecule has 1 heterocycles. The van der Waals surface area contributed by atoms with E-state index in [2.05, 4.69) is 5.32 Å². The molecule has 0 fully saturated rings. The van der Waals surface area contributed by atoms with Crippen LogP contribution in [0.3, 0.4) is 0 Å². The highest BCUT2D eigenvalue weighted by Gasteiger charge is 2.37. The van der Waals surface area contributed by atoms with Crippen molar-refractivity contribution in [3.8, 4) is 0 Å². The van der Waals surface area contributed by atoms with Gasteiger partial charge in [-0.2, -0.15) is 0 Å². The summed E-state index contributed by atoms with van der Waals surface area (Å²) in [4.78, 5) is 36.0. The van der Waals surface area contributed by atoms with Gasteiger partial charge in [0.05, 0.1) is 22.6 Å². The van der Waals surface area contributed by atoms with E-state index in [0.29, 0.717) is 22.0 Å². The highest BCUT2D eigenvalue weighted by molar-refractivity contribution is 6.30. The molecule has 0 aromatic heterocycles. The quantitative estimate of drug-likeness (QED) is 0.509. The van der Waals surface area contributed by atoms with Gasteiger partial charge in [0.2, 0.25) is 0 Å². The molecule has 0 bridgehead atoms. The van der Waals surface area contributed by atoms with Crippen molar-refractivity contribution in [3.05, 3.63) is 98.9 Å². The standard InChI is InChI=1S/C25H22ClNO6/c1-14-20(24(30)31)22(18-6-3-7-19(26)13-18)21(15(2)27-14)25(32)33-12-4-5-16-8-10-17(11-9-16)23(28)29/h3-11,13,22,27H,12H2,1-2H3,(H,28,29)(H,30,31). The van der Waals surface area contributed by atoms with E-state index in [1.54, 1.807) is 62.4 Å². The van der Waals surface area contributed by atoms with Crippen LogP contribution in [0.2, 0.25) is 5.02 Å². The number of carbonyl (C=O) groups excluding carboxylic acids is 1. The smallest absolute Gasteiger partial charge is 0.337 e. The number of aromatic carboxylic acids is 1. The van der Waals surface area contributed by atoms with E-state index in [4.69, 9.17) is 21.4 Å². The molecule has 0 saturated carbocycles. The summed E-state index contributed by atoms with van der Waals surface area (Å²) >= 11 is 6.13. The molecule has 0 amide bonds. The summed E-state index contributed by atoms with van der Waals surface area (Å²) < 4.78 is 5.41. The summed E-state index contributed by atoms with van der Waals surface area (Å²) in [5.41, 5.74) is 2.67. The number of carbonyl (C=O) groups is 3. The summed E-state index contributed by atoms with van der Waals surface area (Å²) in [7, 11) is 0. The van der Waals surface area contributed by atoms with Crippen molar-refractivity contribution in [2.24, 2.45) is 0 Å². The average Bonchev–Trinajstić information content (AvgIpc) is 2.76. The topological polar surface area (TPSA) is 113 Å². The maximum Gasteiger partial charge on any atom is 0.337 e. The number of benzene rings is 2. The Hall–Kier alpha value is -3.84. The van der Waals surface area contributed by atoms with Gasteiger partial charge in [0.15, 0.2) is 0 Å². The van der Waals surface area contributed by atoms with Crippen LogP contribution in [0.4, 0.5) is 0 Å². The van der Waals surface area contributed by atoms with E-state index >= 15 is 0 Å². The monoisotopic (exact) mass is 467 g/mol. The van der Waals surface area contributed by atoms with Crippen LogP contribution < -0.4 is 5.32 Å². The zero-order valence-electron chi connectivity index (χ0n) is 18.0. The van der Waals surface area contributed by atoms with Gasteiger partial charge in [0.25, 0.3) is 0 Å². The van der Waals surface area contributed by atoms with Gasteiger partial charge in [0.1, 0.15) is 6.61 Å². The van der Waals surface area contributed by atoms with E-state index < -0.39 is 23.8 Å². The molecule has 33 heavy (non-hydrogen) atoms. The summed E-state index contributed by atoms with van der Waals surface area (Å²) in [6.07, 6.45) is 3.31. The minimum absolute atomic E-state index is 0.0453. The maximum absolute atomic E-state index is 13.0. The average molecular weight is 468 g/mol. The molecule has 1 aliphatic rings. The number of ether oxygens (including phenoxy) is 1. The highest BCUT2D eigenvalue weighted by atomic mass is 35.5. The number of dihydropyridines is 1. The van der Waals surface area contributed by atoms with Gasteiger partial charge >= 0.3 is 17.9 Å². The molecule has 1 aliphatic heterocycles. The van der Waals surface area contributed by atoms with E-state index in [1.807, 2.05) is 0 Å². The first-order chi connectivity index (χ1) is 15.7. The molecule has 1 atom stereocenters. The van der Waals surface area contributed by atoms with Gasteiger partial charge in [-0.1, -0.05) is 41.9 Å². The third-order valence-corrected chi connectivity index (χ3v) is 5.41. The Kier molecular flexibility index (Phi) is 7.35. The van der Waals surface area contributed by atoms with Gasteiger partial charge in [-0.15, -0.1) is 0 Å². The SMILES string of the molecule is CC1=C(C(=O)O)C(c2cccc(Cl)c2)C(C(=O)OCC=Cc2ccc(C(=O)O)cc2)=C(C)N1. The van der Waals surface area contributed by atoms with Crippen molar-refractivity contribution in [3.63, 3.8) is 0 Å². The van der Waals surface area contributed by atoms with Crippen LogP contribution in [0.15, 0.2) is 77.1 Å². The molecule has 3 N–H and O–H groups in total. The number of aliphatic carboxylic acids is 1. The second kappa shape index (κ2) is 10.2. The predicted molar refractivity (Wildman–Crippen MR) is 124 cm³/mol. The number of rotatable bonds is 7. The van der Waals surface area contributed by atoms with Crippen LogP contribution in [0, 0.1) is 0 Å². The second-order valence-electron chi connectivity index (χ2n) is 7.42. The molecular formula is C25H22ClNO6. The Morgan fingerprint density at radius 3 is 2.27 bits per heavy atom. The highest BCUT2D eigenvalue weighted by Crippen LogP contribution is 2.39. The van der Waals surface area contributed by atoms with E-state index in [1.165, 1.54) is 12.1 Å². The molecule has 0 spiro atoms. The Bertz CT molecular complexity index is 1190. The predicted octanol–water partition coefficient (Wildman–Crippen LogP) is 4.61. The first-order valence-corrected chi connectivity index (χ1v) is 10.4. The fraction of sp³-hybridized carbons (Fsp3) is 0.160. The molecule has 0 aliphatic carbocycles. The molecule has 8 heteroatoms. The lowest BCUT2D eigenvalue weighted by Gasteiger charge is -2.29. The fourth-order valence-corrected chi connectivity index (χ4v) is 3.89. The zero-order valence-corrected chi connectivity index (χ0v) is 18.7. The number of hydrogen-bond donors (Lipinski definition) is 3.